The summed E-state index contributed by atoms with van der Waals surface area (Å²) in [5, 5.41) is 13.0. The van der Waals surface area contributed by atoms with Gasteiger partial charge in [0.2, 0.25) is 0 Å². The molecule has 0 radical (unpaired) electrons. The van der Waals surface area contributed by atoms with Crippen molar-refractivity contribution in [1.29, 1.82) is 0 Å². The minimum absolute atomic E-state index is 0.0113. The van der Waals surface area contributed by atoms with Crippen molar-refractivity contribution in [2.75, 3.05) is 7.11 Å². The van der Waals surface area contributed by atoms with Crippen LogP contribution in [0.3, 0.4) is 0 Å². The fourth-order valence-corrected chi connectivity index (χ4v) is 2.59. The van der Waals surface area contributed by atoms with E-state index < -0.39 is 5.97 Å². The van der Waals surface area contributed by atoms with Crippen molar-refractivity contribution in [3.05, 3.63) is 33.9 Å². The summed E-state index contributed by atoms with van der Waals surface area (Å²) in [4.78, 5) is 11.0. The van der Waals surface area contributed by atoms with Crippen LogP contribution in [0.15, 0.2) is 22.7 Å². The molecule has 0 unspecified atom stereocenters. The van der Waals surface area contributed by atoms with Crippen LogP contribution >= 0.6 is 15.9 Å². The zero-order valence-corrected chi connectivity index (χ0v) is 12.4. The Balaban J connectivity index is 2.67. The summed E-state index contributed by atoms with van der Waals surface area (Å²) < 4.78 is 7.84. The number of aryl methyl sites for hydroxylation is 2. The van der Waals surface area contributed by atoms with Crippen LogP contribution in [-0.2, 0) is 7.05 Å². The number of carboxylic acids is 1. The van der Waals surface area contributed by atoms with Gasteiger partial charge in [-0.25, -0.2) is 4.79 Å². The molecule has 19 heavy (non-hydrogen) atoms. The summed E-state index contributed by atoms with van der Waals surface area (Å²) in [6.45, 7) is 1.93. The second-order valence-electron chi connectivity index (χ2n) is 4.15. The number of nitrogens with zero attached hydrogens (tertiary/aromatic N) is 2. The first-order chi connectivity index (χ1) is 8.93. The number of methoxy groups -OCH3 is 1. The van der Waals surface area contributed by atoms with Gasteiger partial charge < -0.3 is 9.84 Å². The highest BCUT2D eigenvalue weighted by Crippen LogP contribution is 2.35. The van der Waals surface area contributed by atoms with Crippen molar-refractivity contribution in [1.82, 2.24) is 9.78 Å². The molecule has 0 fully saturated rings. The molecule has 1 heterocycles. The maximum Gasteiger partial charge on any atom is 0.356 e. The number of hydrogen-bond donors (Lipinski definition) is 1. The molecule has 0 amide bonds. The van der Waals surface area contributed by atoms with E-state index in [9.17, 15) is 4.79 Å². The number of carbonyl (C=O) groups is 1. The Bertz CT molecular complexity index is 650. The molecular formula is C13H13BrN2O3. The maximum atomic E-state index is 11.0. The minimum Gasteiger partial charge on any atom is -0.496 e. The highest BCUT2D eigenvalue weighted by atomic mass is 79.9. The predicted octanol–water partition coefficient (Wildman–Crippen LogP) is 2.86. The summed E-state index contributed by atoms with van der Waals surface area (Å²) in [6, 6.07) is 5.36. The quantitative estimate of drug-likeness (QED) is 0.942. The van der Waals surface area contributed by atoms with Gasteiger partial charge in [-0.1, -0.05) is 15.9 Å². The van der Waals surface area contributed by atoms with Gasteiger partial charge >= 0.3 is 5.97 Å². The molecule has 2 rings (SSSR count). The first-order valence-electron chi connectivity index (χ1n) is 5.56. The topological polar surface area (TPSA) is 64.3 Å². The molecule has 0 spiro atoms. The number of hydrogen-bond acceptors (Lipinski definition) is 3. The lowest BCUT2D eigenvalue weighted by molar-refractivity contribution is 0.0689. The standard InChI is InChI=1S/C13H13BrN2O3/c1-7-4-8(14)5-9(12(7)19-3)11-6-10(13(17)18)15-16(11)2/h4-6H,1-3H3,(H,17,18). The van der Waals surface area contributed by atoms with Crippen LogP contribution in [0.2, 0.25) is 0 Å². The molecule has 0 saturated heterocycles. The van der Waals surface area contributed by atoms with Gasteiger partial charge in [0.15, 0.2) is 5.69 Å². The largest absolute Gasteiger partial charge is 0.496 e. The molecule has 1 aromatic heterocycles. The summed E-state index contributed by atoms with van der Waals surface area (Å²) in [5.74, 6) is -0.337. The second kappa shape index (κ2) is 5.05. The third-order valence-electron chi connectivity index (χ3n) is 2.82. The molecule has 100 valence electrons. The Morgan fingerprint density at radius 3 is 2.63 bits per heavy atom. The van der Waals surface area contributed by atoms with Crippen LogP contribution in [0.5, 0.6) is 5.75 Å². The fourth-order valence-electron chi connectivity index (χ4n) is 2.01. The minimum atomic E-state index is -1.05. The van der Waals surface area contributed by atoms with Gasteiger partial charge in [0, 0.05) is 17.1 Å². The number of aromatic nitrogens is 2. The van der Waals surface area contributed by atoms with E-state index in [2.05, 4.69) is 21.0 Å². The van der Waals surface area contributed by atoms with Gasteiger partial charge in [0.25, 0.3) is 0 Å². The van der Waals surface area contributed by atoms with E-state index in [1.807, 2.05) is 19.1 Å². The van der Waals surface area contributed by atoms with Gasteiger partial charge in [0.1, 0.15) is 5.75 Å². The number of carboxylic acid groups (broad SMARTS) is 1. The lowest BCUT2D eigenvalue weighted by Gasteiger charge is -2.12. The van der Waals surface area contributed by atoms with Crippen molar-refractivity contribution in [2.24, 2.45) is 7.05 Å². The SMILES string of the molecule is COc1c(C)cc(Br)cc1-c1cc(C(=O)O)nn1C. The molecule has 6 heteroatoms. The van der Waals surface area contributed by atoms with Crippen molar-refractivity contribution in [3.63, 3.8) is 0 Å². The molecule has 1 N–H and O–H groups in total. The first kappa shape index (κ1) is 13.6. The van der Waals surface area contributed by atoms with Gasteiger partial charge in [-0.3, -0.25) is 4.68 Å². The number of benzene rings is 1. The highest BCUT2D eigenvalue weighted by Gasteiger charge is 2.17. The van der Waals surface area contributed by atoms with Gasteiger partial charge in [-0.15, -0.1) is 0 Å². The summed E-state index contributed by atoms with van der Waals surface area (Å²) in [6.07, 6.45) is 0. The summed E-state index contributed by atoms with van der Waals surface area (Å²) >= 11 is 3.43. The van der Waals surface area contributed by atoms with Gasteiger partial charge in [-0.2, -0.15) is 5.10 Å². The summed E-state index contributed by atoms with van der Waals surface area (Å²) in [5.41, 5.74) is 2.47. The van der Waals surface area contributed by atoms with Crippen LogP contribution in [0.1, 0.15) is 16.1 Å². The smallest absolute Gasteiger partial charge is 0.356 e. The average molecular weight is 325 g/mol. The number of ether oxygens (including phenoxy) is 1. The maximum absolute atomic E-state index is 11.0. The van der Waals surface area contributed by atoms with Crippen molar-refractivity contribution in [2.45, 2.75) is 6.92 Å². The third-order valence-corrected chi connectivity index (χ3v) is 3.28. The third kappa shape index (κ3) is 2.49. The van der Waals surface area contributed by atoms with E-state index >= 15 is 0 Å². The molecule has 1 aromatic carbocycles. The Morgan fingerprint density at radius 1 is 1.42 bits per heavy atom. The molecule has 2 aromatic rings. The number of aromatic carboxylic acids is 1. The van der Waals surface area contributed by atoms with E-state index in [1.165, 1.54) is 10.7 Å². The highest BCUT2D eigenvalue weighted by molar-refractivity contribution is 9.10. The predicted molar refractivity (Wildman–Crippen MR) is 74.6 cm³/mol. The molecular weight excluding hydrogens is 312 g/mol. The molecule has 0 bridgehead atoms. The number of rotatable bonds is 3. The Hall–Kier alpha value is -1.82. The van der Waals surface area contributed by atoms with E-state index in [-0.39, 0.29) is 5.69 Å². The molecule has 0 saturated carbocycles. The van der Waals surface area contributed by atoms with Crippen molar-refractivity contribution < 1.29 is 14.6 Å². The van der Waals surface area contributed by atoms with E-state index in [0.29, 0.717) is 11.4 Å². The second-order valence-corrected chi connectivity index (χ2v) is 5.06. The molecule has 0 atom stereocenters. The normalized spacial score (nSPS) is 10.5. The molecule has 0 aliphatic heterocycles. The average Bonchev–Trinajstić information content (AvgIpc) is 2.70. The molecule has 0 aliphatic rings. The Morgan fingerprint density at radius 2 is 2.11 bits per heavy atom. The van der Waals surface area contributed by atoms with Crippen LogP contribution < -0.4 is 4.74 Å². The van der Waals surface area contributed by atoms with E-state index in [1.54, 1.807) is 14.2 Å². The zero-order valence-electron chi connectivity index (χ0n) is 10.8. The number of halogens is 1. The fraction of sp³-hybridized carbons (Fsp3) is 0.231. The van der Waals surface area contributed by atoms with Crippen molar-refractivity contribution >= 4 is 21.9 Å². The lowest BCUT2D eigenvalue weighted by Crippen LogP contribution is -2.00. The van der Waals surface area contributed by atoms with Crippen LogP contribution in [0.25, 0.3) is 11.3 Å². The van der Waals surface area contributed by atoms with Gasteiger partial charge in [0.05, 0.1) is 12.8 Å². The summed E-state index contributed by atoms with van der Waals surface area (Å²) in [7, 11) is 3.30. The van der Waals surface area contributed by atoms with Crippen molar-refractivity contribution in [3.8, 4) is 17.0 Å². The zero-order chi connectivity index (χ0) is 14.2. The molecule has 5 nitrogen and oxygen atoms in total. The first-order valence-corrected chi connectivity index (χ1v) is 6.35. The van der Waals surface area contributed by atoms with Crippen LogP contribution in [0.4, 0.5) is 0 Å². The van der Waals surface area contributed by atoms with Crippen LogP contribution in [-0.4, -0.2) is 28.0 Å². The van der Waals surface area contributed by atoms with Gasteiger partial charge in [-0.05, 0) is 30.7 Å². The monoisotopic (exact) mass is 324 g/mol. The van der Waals surface area contributed by atoms with E-state index in [0.717, 1.165) is 15.6 Å². The lowest BCUT2D eigenvalue weighted by atomic mass is 10.1. The van der Waals surface area contributed by atoms with Crippen LogP contribution in [0, 0.1) is 6.92 Å². The van der Waals surface area contributed by atoms with E-state index in [4.69, 9.17) is 9.84 Å². The molecule has 0 aliphatic carbocycles. The Labute approximate surface area is 118 Å². The Kier molecular flexibility index (Phi) is 3.61.